The molecule has 0 aliphatic carbocycles. The predicted octanol–water partition coefficient (Wildman–Crippen LogP) is 10.6. The van der Waals surface area contributed by atoms with Crippen LogP contribution < -0.4 is 0 Å². The lowest BCUT2D eigenvalue weighted by atomic mass is 10.0. The van der Waals surface area contributed by atoms with Crippen molar-refractivity contribution in [2.24, 2.45) is 5.92 Å². The third-order valence-electron chi connectivity index (χ3n) is 8.02. The lowest BCUT2D eigenvalue weighted by Gasteiger charge is -2.12. The average molecular weight is 583 g/mol. The molecule has 0 unspecified atom stereocenters. The van der Waals surface area contributed by atoms with Crippen molar-refractivity contribution in [3.05, 3.63) is 0 Å². The molecule has 0 saturated heterocycles. The van der Waals surface area contributed by atoms with Crippen LogP contribution in [0.4, 0.5) is 0 Å². The highest BCUT2D eigenvalue weighted by molar-refractivity contribution is 5.69. The molecular weight excluding hydrogens is 512 g/mol. The molecule has 0 aromatic heterocycles. The number of unbranched alkanes of at least 4 members (excludes halogenated alkanes) is 22. The lowest BCUT2D eigenvalue weighted by Crippen LogP contribution is -2.25. The zero-order valence-corrected chi connectivity index (χ0v) is 27.7. The van der Waals surface area contributed by atoms with Gasteiger partial charge in [-0.3, -0.25) is 9.59 Å². The maximum atomic E-state index is 11.9. The Hall–Kier alpha value is -1.10. The molecule has 0 bridgehead atoms. The van der Waals surface area contributed by atoms with Crippen molar-refractivity contribution in [3.63, 3.8) is 0 Å². The van der Waals surface area contributed by atoms with Crippen molar-refractivity contribution in [1.82, 2.24) is 0 Å². The number of carbonyl (C=O) groups excluding carboxylic acids is 2. The molecule has 1 atom stereocenters. The van der Waals surface area contributed by atoms with Gasteiger partial charge >= 0.3 is 11.9 Å². The standard InChI is InChI=1S/C36H70O5/c1-4-5-6-7-8-9-10-11-12-13-14-15-16-20-23-26-29-35(38)40-31-34(37)32-41-36(39)30-27-24-21-18-17-19-22-25-28-33(2)3/h33-34,37H,4-32H2,1-3H3/t34-/m0/s1. The highest BCUT2D eigenvalue weighted by Gasteiger charge is 2.12. The first-order chi connectivity index (χ1) is 20.0. The summed E-state index contributed by atoms with van der Waals surface area (Å²) in [6.45, 7) is 6.62. The molecule has 0 fully saturated rings. The van der Waals surface area contributed by atoms with Crippen molar-refractivity contribution in [1.29, 1.82) is 0 Å². The first-order valence-corrected chi connectivity index (χ1v) is 17.9. The van der Waals surface area contributed by atoms with Gasteiger partial charge in [-0.25, -0.2) is 0 Å². The van der Waals surface area contributed by atoms with E-state index in [2.05, 4.69) is 20.8 Å². The zero-order valence-electron chi connectivity index (χ0n) is 27.7. The van der Waals surface area contributed by atoms with E-state index in [1.165, 1.54) is 128 Å². The summed E-state index contributed by atoms with van der Waals surface area (Å²) < 4.78 is 10.3. The normalized spacial score (nSPS) is 12.1. The second-order valence-electron chi connectivity index (χ2n) is 12.8. The van der Waals surface area contributed by atoms with Crippen LogP contribution in [-0.2, 0) is 19.1 Å². The van der Waals surface area contributed by atoms with Gasteiger partial charge in [-0.05, 0) is 18.8 Å². The minimum atomic E-state index is -0.954. The molecule has 0 radical (unpaired) electrons. The molecule has 0 aliphatic rings. The Morgan fingerprint density at radius 1 is 0.488 bits per heavy atom. The van der Waals surface area contributed by atoms with E-state index in [4.69, 9.17) is 9.47 Å². The molecule has 0 aromatic carbocycles. The van der Waals surface area contributed by atoms with E-state index in [0.717, 1.165) is 38.0 Å². The van der Waals surface area contributed by atoms with Crippen LogP contribution >= 0.6 is 0 Å². The number of hydrogen-bond donors (Lipinski definition) is 1. The van der Waals surface area contributed by atoms with Crippen LogP contribution in [0.3, 0.4) is 0 Å². The monoisotopic (exact) mass is 583 g/mol. The second-order valence-corrected chi connectivity index (χ2v) is 12.8. The van der Waals surface area contributed by atoms with Gasteiger partial charge in [0.2, 0.25) is 0 Å². The van der Waals surface area contributed by atoms with Crippen molar-refractivity contribution < 1.29 is 24.2 Å². The van der Waals surface area contributed by atoms with Gasteiger partial charge in [0, 0.05) is 12.8 Å². The Morgan fingerprint density at radius 2 is 0.780 bits per heavy atom. The minimum absolute atomic E-state index is 0.109. The first kappa shape index (κ1) is 39.9. The molecular formula is C36H70O5. The van der Waals surface area contributed by atoms with E-state index in [0.29, 0.717) is 12.8 Å². The van der Waals surface area contributed by atoms with Crippen LogP contribution in [0.2, 0.25) is 0 Å². The molecule has 5 heteroatoms. The lowest BCUT2D eigenvalue weighted by molar-refractivity contribution is -0.152. The highest BCUT2D eigenvalue weighted by atomic mass is 16.6. The van der Waals surface area contributed by atoms with Crippen molar-refractivity contribution in [2.75, 3.05) is 13.2 Å². The number of rotatable bonds is 32. The molecule has 1 N–H and O–H groups in total. The maximum Gasteiger partial charge on any atom is 0.305 e. The summed E-state index contributed by atoms with van der Waals surface area (Å²) in [6.07, 6.45) is 31.6. The van der Waals surface area contributed by atoms with E-state index in [9.17, 15) is 14.7 Å². The summed E-state index contributed by atoms with van der Waals surface area (Å²) in [5.41, 5.74) is 0. The van der Waals surface area contributed by atoms with Gasteiger partial charge < -0.3 is 14.6 Å². The molecule has 0 saturated carbocycles. The average Bonchev–Trinajstić information content (AvgIpc) is 2.95. The van der Waals surface area contributed by atoms with Crippen LogP contribution in [0.5, 0.6) is 0 Å². The summed E-state index contributed by atoms with van der Waals surface area (Å²) in [5.74, 6) is 0.252. The summed E-state index contributed by atoms with van der Waals surface area (Å²) in [7, 11) is 0. The third kappa shape index (κ3) is 33.3. The van der Waals surface area contributed by atoms with Crippen LogP contribution in [0.25, 0.3) is 0 Å². The van der Waals surface area contributed by atoms with Crippen molar-refractivity contribution >= 4 is 11.9 Å². The van der Waals surface area contributed by atoms with Gasteiger partial charge in [0.15, 0.2) is 0 Å². The molecule has 5 nitrogen and oxygen atoms in total. The van der Waals surface area contributed by atoms with Crippen LogP contribution in [0.15, 0.2) is 0 Å². The number of hydrogen-bond acceptors (Lipinski definition) is 5. The van der Waals surface area contributed by atoms with Gasteiger partial charge in [0.05, 0.1) is 0 Å². The van der Waals surface area contributed by atoms with E-state index in [1.54, 1.807) is 0 Å². The molecule has 0 aromatic rings. The summed E-state index contributed by atoms with van der Waals surface area (Å²) in [4.78, 5) is 23.8. The molecule has 0 spiro atoms. The third-order valence-corrected chi connectivity index (χ3v) is 8.02. The smallest absolute Gasteiger partial charge is 0.305 e. The second kappa shape index (κ2) is 31.8. The molecule has 41 heavy (non-hydrogen) atoms. The fourth-order valence-electron chi connectivity index (χ4n) is 5.27. The van der Waals surface area contributed by atoms with Gasteiger partial charge in [-0.1, -0.05) is 168 Å². The van der Waals surface area contributed by atoms with Crippen LogP contribution in [0.1, 0.15) is 194 Å². The number of aliphatic hydroxyl groups excluding tert-OH is 1. The number of ether oxygens (including phenoxy) is 2. The van der Waals surface area contributed by atoms with E-state index in [-0.39, 0.29) is 25.2 Å². The summed E-state index contributed by atoms with van der Waals surface area (Å²) in [6, 6.07) is 0. The molecule has 0 aliphatic heterocycles. The molecule has 0 rings (SSSR count). The Labute approximate surface area is 255 Å². The van der Waals surface area contributed by atoms with Gasteiger partial charge in [0.25, 0.3) is 0 Å². The zero-order chi connectivity index (χ0) is 30.2. The van der Waals surface area contributed by atoms with Crippen molar-refractivity contribution in [3.8, 4) is 0 Å². The number of aliphatic hydroxyl groups is 1. The predicted molar refractivity (Wildman–Crippen MR) is 173 cm³/mol. The van der Waals surface area contributed by atoms with E-state index in [1.807, 2.05) is 0 Å². The number of carbonyl (C=O) groups is 2. The molecule has 0 heterocycles. The molecule has 0 amide bonds. The topological polar surface area (TPSA) is 72.8 Å². The Morgan fingerprint density at radius 3 is 1.10 bits per heavy atom. The SMILES string of the molecule is CCCCCCCCCCCCCCCCCCC(=O)OC[C@H](O)COC(=O)CCCCCCCCCCC(C)C. The van der Waals surface area contributed by atoms with Crippen LogP contribution in [-0.4, -0.2) is 36.4 Å². The fourth-order valence-corrected chi connectivity index (χ4v) is 5.27. The largest absolute Gasteiger partial charge is 0.463 e. The van der Waals surface area contributed by atoms with E-state index < -0.39 is 6.10 Å². The first-order valence-electron chi connectivity index (χ1n) is 17.9. The van der Waals surface area contributed by atoms with Crippen LogP contribution in [0, 0.1) is 5.92 Å². The van der Waals surface area contributed by atoms with Gasteiger partial charge in [-0.2, -0.15) is 0 Å². The summed E-state index contributed by atoms with van der Waals surface area (Å²) >= 11 is 0. The van der Waals surface area contributed by atoms with Crippen molar-refractivity contribution in [2.45, 2.75) is 200 Å². The Bertz CT molecular complexity index is 562. The maximum absolute atomic E-state index is 11.9. The minimum Gasteiger partial charge on any atom is -0.463 e. The van der Waals surface area contributed by atoms with Gasteiger partial charge in [0.1, 0.15) is 19.3 Å². The molecule has 244 valence electrons. The van der Waals surface area contributed by atoms with E-state index >= 15 is 0 Å². The number of esters is 2. The quantitative estimate of drug-likeness (QED) is 0.0631. The summed E-state index contributed by atoms with van der Waals surface area (Å²) in [5, 5.41) is 9.97. The fraction of sp³-hybridized carbons (Fsp3) is 0.944. The van der Waals surface area contributed by atoms with Gasteiger partial charge in [-0.15, -0.1) is 0 Å². The Kier molecular flexibility index (Phi) is 31.0. The Balaban J connectivity index is 3.39. The highest BCUT2D eigenvalue weighted by Crippen LogP contribution is 2.15.